The van der Waals surface area contributed by atoms with Gasteiger partial charge in [0.05, 0.1) is 12.6 Å². The largest absolute Gasteiger partial charge is 0.497 e. The summed E-state index contributed by atoms with van der Waals surface area (Å²) in [7, 11) is 5.77. The van der Waals surface area contributed by atoms with E-state index in [1.54, 1.807) is 11.7 Å². The van der Waals surface area contributed by atoms with Crippen LogP contribution < -0.4 is 10.1 Å². The van der Waals surface area contributed by atoms with Gasteiger partial charge in [0, 0.05) is 24.2 Å². The van der Waals surface area contributed by atoms with Gasteiger partial charge in [-0.15, -0.1) is 0 Å². The Morgan fingerprint density at radius 2 is 2.00 bits per heavy atom. The second kappa shape index (κ2) is 9.43. The number of fused-ring (bicyclic) bond motifs is 1. The molecule has 0 saturated heterocycles. The number of carbonyl (C=O) groups excluding carboxylic acids is 1. The van der Waals surface area contributed by atoms with Gasteiger partial charge >= 0.3 is 6.09 Å². The minimum Gasteiger partial charge on any atom is -0.497 e. The fraction of sp³-hybridized carbons (Fsp3) is 0.591. The fourth-order valence-electron chi connectivity index (χ4n) is 3.97. The molecule has 1 aromatic carbocycles. The number of aromatic nitrogens is 1. The van der Waals surface area contributed by atoms with Crippen molar-refractivity contribution in [2.75, 3.05) is 34.3 Å². The molecule has 0 aliphatic heterocycles. The lowest BCUT2D eigenvalue weighted by Gasteiger charge is -2.28. The van der Waals surface area contributed by atoms with Gasteiger partial charge in [0.1, 0.15) is 11.9 Å². The van der Waals surface area contributed by atoms with E-state index in [0.29, 0.717) is 6.04 Å². The Kier molecular flexibility index (Phi) is 6.97. The summed E-state index contributed by atoms with van der Waals surface area (Å²) in [5.74, 6) is 0.798. The van der Waals surface area contributed by atoms with Crippen molar-refractivity contribution in [3.8, 4) is 5.75 Å². The van der Waals surface area contributed by atoms with Crippen LogP contribution in [0.2, 0.25) is 0 Å². The summed E-state index contributed by atoms with van der Waals surface area (Å²) in [5, 5.41) is 4.54. The highest BCUT2D eigenvalue weighted by Crippen LogP contribution is 2.28. The summed E-state index contributed by atoms with van der Waals surface area (Å²) in [6.07, 6.45) is 6.48. The van der Waals surface area contributed by atoms with E-state index in [0.717, 1.165) is 67.4 Å². The molecular weight excluding hydrogens is 354 g/mol. The van der Waals surface area contributed by atoms with Gasteiger partial charge in [-0.3, -0.25) is 4.57 Å². The van der Waals surface area contributed by atoms with Gasteiger partial charge in [-0.05, 0) is 76.5 Å². The summed E-state index contributed by atoms with van der Waals surface area (Å²) in [6.45, 7) is 4.04. The SMILES string of the molecule is CCNC1CCC(OC(=O)n2cc(CCN(C)C)c3cc(OC)ccc32)CC1. The number of hydrogen-bond acceptors (Lipinski definition) is 5. The van der Waals surface area contributed by atoms with Crippen molar-refractivity contribution in [3.63, 3.8) is 0 Å². The van der Waals surface area contributed by atoms with Crippen LogP contribution in [0.25, 0.3) is 10.9 Å². The predicted molar refractivity (Wildman–Crippen MR) is 112 cm³/mol. The van der Waals surface area contributed by atoms with Crippen LogP contribution in [0, 0.1) is 0 Å². The predicted octanol–water partition coefficient (Wildman–Crippen LogP) is 3.66. The van der Waals surface area contributed by atoms with Crippen molar-refractivity contribution in [1.29, 1.82) is 0 Å². The van der Waals surface area contributed by atoms with Crippen molar-refractivity contribution in [2.24, 2.45) is 0 Å². The van der Waals surface area contributed by atoms with E-state index >= 15 is 0 Å². The second-order valence-corrected chi connectivity index (χ2v) is 7.88. The van der Waals surface area contributed by atoms with Crippen molar-refractivity contribution in [2.45, 2.75) is 51.2 Å². The van der Waals surface area contributed by atoms with E-state index in [9.17, 15) is 4.79 Å². The third-order valence-corrected chi connectivity index (χ3v) is 5.55. The Hall–Kier alpha value is -2.05. The zero-order valence-corrected chi connectivity index (χ0v) is 17.5. The molecule has 0 amide bonds. The van der Waals surface area contributed by atoms with Gasteiger partial charge in [-0.25, -0.2) is 4.79 Å². The number of carbonyl (C=O) groups is 1. The Balaban J connectivity index is 1.77. The zero-order valence-electron chi connectivity index (χ0n) is 17.5. The first-order valence-electron chi connectivity index (χ1n) is 10.3. The maximum absolute atomic E-state index is 12.9. The number of nitrogens with zero attached hydrogens (tertiary/aromatic N) is 2. The lowest BCUT2D eigenvalue weighted by atomic mass is 9.93. The third kappa shape index (κ3) is 4.86. The molecule has 0 radical (unpaired) electrons. The van der Waals surface area contributed by atoms with E-state index < -0.39 is 0 Å². The molecule has 0 atom stereocenters. The summed E-state index contributed by atoms with van der Waals surface area (Å²) in [5.41, 5.74) is 2.01. The highest BCUT2D eigenvalue weighted by Gasteiger charge is 2.25. The normalized spacial score (nSPS) is 19.9. The summed E-state index contributed by atoms with van der Waals surface area (Å²) >= 11 is 0. The molecule has 28 heavy (non-hydrogen) atoms. The smallest absolute Gasteiger partial charge is 0.418 e. The molecule has 1 heterocycles. The molecule has 154 valence electrons. The van der Waals surface area contributed by atoms with E-state index in [-0.39, 0.29) is 12.2 Å². The number of nitrogens with one attached hydrogen (secondary N) is 1. The first-order valence-corrected chi connectivity index (χ1v) is 10.3. The van der Waals surface area contributed by atoms with Crippen molar-refractivity contribution in [1.82, 2.24) is 14.8 Å². The quantitative estimate of drug-likeness (QED) is 0.786. The third-order valence-electron chi connectivity index (χ3n) is 5.55. The molecule has 1 fully saturated rings. The number of ether oxygens (including phenoxy) is 2. The van der Waals surface area contributed by atoms with Crippen LogP contribution in [-0.4, -0.2) is 62.0 Å². The molecular formula is C22H33N3O3. The van der Waals surface area contributed by atoms with Crippen LogP contribution in [0.4, 0.5) is 4.79 Å². The Labute approximate surface area is 167 Å². The van der Waals surface area contributed by atoms with E-state index in [1.165, 1.54) is 0 Å². The molecule has 6 nitrogen and oxygen atoms in total. The summed E-state index contributed by atoms with van der Waals surface area (Å²) < 4.78 is 12.9. The van der Waals surface area contributed by atoms with E-state index in [4.69, 9.17) is 9.47 Å². The number of rotatable bonds is 7. The average molecular weight is 388 g/mol. The van der Waals surface area contributed by atoms with E-state index in [2.05, 4.69) is 31.2 Å². The first kappa shape index (κ1) is 20.7. The molecule has 3 rings (SSSR count). The molecule has 0 unspecified atom stereocenters. The molecule has 1 aliphatic carbocycles. The Bertz CT molecular complexity index is 792. The van der Waals surface area contributed by atoms with Crippen LogP contribution in [0.1, 0.15) is 38.2 Å². The van der Waals surface area contributed by atoms with Crippen LogP contribution in [0.5, 0.6) is 5.75 Å². The van der Waals surface area contributed by atoms with Crippen LogP contribution in [0.3, 0.4) is 0 Å². The van der Waals surface area contributed by atoms with Gasteiger partial charge < -0.3 is 19.7 Å². The van der Waals surface area contributed by atoms with Crippen LogP contribution >= 0.6 is 0 Å². The van der Waals surface area contributed by atoms with Gasteiger partial charge in [0.2, 0.25) is 0 Å². The molecule has 0 bridgehead atoms. The topological polar surface area (TPSA) is 55.7 Å². The van der Waals surface area contributed by atoms with Crippen molar-refractivity contribution in [3.05, 3.63) is 30.0 Å². The van der Waals surface area contributed by atoms with Crippen molar-refractivity contribution < 1.29 is 14.3 Å². The molecule has 2 aromatic rings. The van der Waals surface area contributed by atoms with Gasteiger partial charge in [0.25, 0.3) is 0 Å². The fourth-order valence-corrected chi connectivity index (χ4v) is 3.97. The highest BCUT2D eigenvalue weighted by molar-refractivity contribution is 5.92. The minimum absolute atomic E-state index is 0.00308. The number of hydrogen-bond donors (Lipinski definition) is 1. The Morgan fingerprint density at radius 3 is 2.64 bits per heavy atom. The molecule has 1 N–H and O–H groups in total. The lowest BCUT2D eigenvalue weighted by molar-refractivity contribution is 0.0707. The van der Waals surface area contributed by atoms with Gasteiger partial charge in [-0.2, -0.15) is 0 Å². The number of methoxy groups -OCH3 is 1. The average Bonchev–Trinajstić information content (AvgIpc) is 3.06. The maximum atomic E-state index is 12.9. The highest BCUT2D eigenvalue weighted by atomic mass is 16.6. The van der Waals surface area contributed by atoms with Gasteiger partial charge in [0.15, 0.2) is 0 Å². The molecule has 1 aromatic heterocycles. The monoisotopic (exact) mass is 387 g/mol. The maximum Gasteiger partial charge on any atom is 0.418 e. The minimum atomic E-state index is -0.279. The van der Waals surface area contributed by atoms with Crippen molar-refractivity contribution >= 4 is 17.0 Å². The number of benzene rings is 1. The summed E-state index contributed by atoms with van der Waals surface area (Å²) in [6, 6.07) is 6.39. The molecule has 1 saturated carbocycles. The molecule has 0 spiro atoms. The standard InChI is InChI=1S/C22H33N3O3/c1-5-23-17-6-8-18(9-7-17)28-22(26)25-15-16(12-13-24(2)3)20-14-19(27-4)10-11-21(20)25/h10-11,14-15,17-18,23H,5-9,12-13H2,1-4H3. The zero-order chi connectivity index (χ0) is 20.1. The van der Waals surface area contributed by atoms with E-state index in [1.807, 2.05) is 24.4 Å². The van der Waals surface area contributed by atoms with Crippen LogP contribution in [-0.2, 0) is 11.2 Å². The first-order chi connectivity index (χ1) is 13.5. The lowest BCUT2D eigenvalue weighted by Crippen LogP contribution is -2.36. The second-order valence-electron chi connectivity index (χ2n) is 7.88. The summed E-state index contributed by atoms with van der Waals surface area (Å²) in [4.78, 5) is 15.1. The Morgan fingerprint density at radius 1 is 1.25 bits per heavy atom. The van der Waals surface area contributed by atoms with Gasteiger partial charge in [-0.1, -0.05) is 6.92 Å². The number of likely N-dealkylation sites (N-methyl/N-ethyl adjacent to an activating group) is 1. The molecule has 1 aliphatic rings. The van der Waals surface area contributed by atoms with Crippen LogP contribution in [0.15, 0.2) is 24.4 Å². The molecule has 6 heteroatoms.